The fraction of sp³-hybridized carbons (Fsp3) is 0. The lowest BCUT2D eigenvalue weighted by Crippen LogP contribution is -1.89. The number of nitrogens with zero attached hydrogens (tertiary/aromatic N) is 2. The topological polar surface area (TPSA) is 76.2 Å². The largest absolute Gasteiger partial charge is 0.477 e. The minimum atomic E-state index is -0.990. The molecule has 2 aromatic rings. The van der Waals surface area contributed by atoms with Crippen molar-refractivity contribution < 1.29 is 14.3 Å². The smallest absolute Gasteiger partial charge is 0.347 e. The van der Waals surface area contributed by atoms with Crippen molar-refractivity contribution in [2.24, 2.45) is 0 Å². The molecule has 0 spiro atoms. The van der Waals surface area contributed by atoms with Gasteiger partial charge >= 0.3 is 5.97 Å². The summed E-state index contributed by atoms with van der Waals surface area (Å²) in [4.78, 5) is 18.4. The molecule has 0 fully saturated rings. The summed E-state index contributed by atoms with van der Waals surface area (Å²) in [5.74, 6) is -0.646. The number of carbonyl (C=O) groups is 1. The van der Waals surface area contributed by atoms with E-state index in [0.29, 0.717) is 10.9 Å². The Morgan fingerprint density at radius 2 is 2.38 bits per heavy atom. The molecule has 6 heteroatoms. The highest BCUT2D eigenvalue weighted by Crippen LogP contribution is 2.23. The summed E-state index contributed by atoms with van der Waals surface area (Å²) in [6.07, 6.45) is 4.18. The first kappa shape index (κ1) is 7.93. The number of aromatic nitrogens is 2. The zero-order chi connectivity index (χ0) is 9.26. The summed E-state index contributed by atoms with van der Waals surface area (Å²) in [5, 5.41) is 9.09. The van der Waals surface area contributed by atoms with Gasteiger partial charge in [-0.05, 0) is 0 Å². The highest BCUT2D eigenvalue weighted by Gasteiger charge is 2.12. The number of aromatic carboxylic acids is 1. The van der Waals surface area contributed by atoms with Crippen LogP contribution in [-0.2, 0) is 0 Å². The predicted octanol–water partition coefficient (Wildman–Crippen LogP) is 1.50. The van der Waals surface area contributed by atoms with E-state index >= 15 is 0 Å². The summed E-state index contributed by atoms with van der Waals surface area (Å²) in [6.45, 7) is 0. The first-order valence-electron chi connectivity index (χ1n) is 3.36. The second-order valence-corrected chi connectivity index (χ2v) is 3.20. The van der Waals surface area contributed by atoms with Crippen LogP contribution in [0.5, 0.6) is 0 Å². The summed E-state index contributed by atoms with van der Waals surface area (Å²) < 4.78 is 4.96. The van der Waals surface area contributed by atoms with Crippen molar-refractivity contribution in [1.29, 1.82) is 0 Å². The van der Waals surface area contributed by atoms with Gasteiger partial charge in [-0.2, -0.15) is 0 Å². The standard InChI is InChI=1S/C7H4N2O3S/c10-7(11)4-3-9-6(13-4)5-8-1-2-12-5/h1-3H,(H,10,11). The minimum absolute atomic E-state index is 0.174. The molecule has 5 nitrogen and oxygen atoms in total. The monoisotopic (exact) mass is 196 g/mol. The number of rotatable bonds is 2. The maximum Gasteiger partial charge on any atom is 0.347 e. The zero-order valence-corrected chi connectivity index (χ0v) is 7.11. The number of oxazole rings is 1. The van der Waals surface area contributed by atoms with Gasteiger partial charge in [-0.1, -0.05) is 0 Å². The van der Waals surface area contributed by atoms with E-state index in [9.17, 15) is 4.79 Å². The van der Waals surface area contributed by atoms with Crippen LogP contribution in [0.1, 0.15) is 9.67 Å². The average molecular weight is 196 g/mol. The lowest BCUT2D eigenvalue weighted by molar-refractivity contribution is 0.0702. The van der Waals surface area contributed by atoms with Gasteiger partial charge in [-0.3, -0.25) is 0 Å². The number of carboxylic acid groups (broad SMARTS) is 1. The lowest BCUT2D eigenvalue weighted by atomic mass is 10.6. The molecule has 0 aliphatic heterocycles. The van der Waals surface area contributed by atoms with Gasteiger partial charge in [0.05, 0.1) is 12.4 Å². The number of hydrogen-bond donors (Lipinski definition) is 1. The molecule has 0 aliphatic rings. The highest BCUT2D eigenvalue weighted by molar-refractivity contribution is 7.16. The van der Waals surface area contributed by atoms with E-state index in [1.807, 2.05) is 0 Å². The zero-order valence-electron chi connectivity index (χ0n) is 6.30. The van der Waals surface area contributed by atoms with Crippen molar-refractivity contribution >= 4 is 17.3 Å². The van der Waals surface area contributed by atoms with Crippen LogP contribution in [0.15, 0.2) is 23.1 Å². The minimum Gasteiger partial charge on any atom is -0.477 e. The molecular weight excluding hydrogens is 192 g/mol. The molecule has 2 aromatic heterocycles. The quantitative estimate of drug-likeness (QED) is 0.787. The summed E-state index contributed by atoms with van der Waals surface area (Å²) in [7, 11) is 0. The van der Waals surface area contributed by atoms with Gasteiger partial charge < -0.3 is 9.52 Å². The van der Waals surface area contributed by atoms with E-state index < -0.39 is 5.97 Å². The molecule has 0 unspecified atom stereocenters. The van der Waals surface area contributed by atoms with E-state index in [2.05, 4.69) is 9.97 Å². The number of carboxylic acids is 1. The Kier molecular flexibility index (Phi) is 1.82. The van der Waals surface area contributed by atoms with Gasteiger partial charge in [-0.15, -0.1) is 11.3 Å². The average Bonchev–Trinajstić information content (AvgIpc) is 2.75. The predicted molar refractivity (Wildman–Crippen MR) is 44.6 cm³/mol. The van der Waals surface area contributed by atoms with Crippen LogP contribution >= 0.6 is 11.3 Å². The second kappa shape index (κ2) is 2.98. The van der Waals surface area contributed by atoms with Gasteiger partial charge in [-0.25, -0.2) is 14.8 Å². The first-order chi connectivity index (χ1) is 6.27. The van der Waals surface area contributed by atoms with Crippen molar-refractivity contribution in [3.05, 3.63) is 23.5 Å². The van der Waals surface area contributed by atoms with Crippen molar-refractivity contribution in [3.63, 3.8) is 0 Å². The molecule has 2 heterocycles. The fourth-order valence-corrected chi connectivity index (χ4v) is 1.50. The first-order valence-corrected chi connectivity index (χ1v) is 4.18. The fourth-order valence-electron chi connectivity index (χ4n) is 0.801. The molecule has 1 N–H and O–H groups in total. The van der Waals surface area contributed by atoms with Gasteiger partial charge in [0.15, 0.2) is 5.01 Å². The van der Waals surface area contributed by atoms with Crippen molar-refractivity contribution in [2.75, 3.05) is 0 Å². The number of thiazole rings is 1. The Hall–Kier alpha value is -1.69. The van der Waals surface area contributed by atoms with E-state index in [1.165, 1.54) is 18.7 Å². The normalized spacial score (nSPS) is 10.2. The Balaban J connectivity index is 2.39. The van der Waals surface area contributed by atoms with Crippen LogP contribution in [0.3, 0.4) is 0 Å². The Morgan fingerprint density at radius 3 is 2.92 bits per heavy atom. The number of hydrogen-bond acceptors (Lipinski definition) is 5. The highest BCUT2D eigenvalue weighted by atomic mass is 32.1. The molecule has 0 amide bonds. The van der Waals surface area contributed by atoms with Crippen LogP contribution in [0.4, 0.5) is 0 Å². The maximum absolute atomic E-state index is 10.5. The van der Waals surface area contributed by atoms with E-state index in [4.69, 9.17) is 9.52 Å². The molecule has 66 valence electrons. The van der Waals surface area contributed by atoms with E-state index in [1.54, 1.807) is 0 Å². The molecule has 0 radical (unpaired) electrons. The summed E-state index contributed by atoms with van der Waals surface area (Å²) in [5.41, 5.74) is 0. The van der Waals surface area contributed by atoms with Crippen LogP contribution in [-0.4, -0.2) is 21.0 Å². The van der Waals surface area contributed by atoms with Gasteiger partial charge in [0.25, 0.3) is 5.89 Å². The van der Waals surface area contributed by atoms with Crippen molar-refractivity contribution in [3.8, 4) is 10.9 Å². The van der Waals surface area contributed by atoms with Crippen molar-refractivity contribution in [1.82, 2.24) is 9.97 Å². The molecule has 0 aliphatic carbocycles. The third-order valence-electron chi connectivity index (χ3n) is 1.33. The van der Waals surface area contributed by atoms with Gasteiger partial charge in [0.1, 0.15) is 11.1 Å². The maximum atomic E-state index is 10.5. The van der Waals surface area contributed by atoms with Crippen LogP contribution in [0.2, 0.25) is 0 Å². The third kappa shape index (κ3) is 1.43. The van der Waals surface area contributed by atoms with Crippen LogP contribution in [0, 0.1) is 0 Å². The van der Waals surface area contributed by atoms with Crippen LogP contribution in [0.25, 0.3) is 10.9 Å². The molecule has 2 rings (SSSR count). The second-order valence-electron chi connectivity index (χ2n) is 2.17. The molecule has 0 atom stereocenters. The molecule has 0 saturated heterocycles. The Bertz CT molecular complexity index is 421. The Morgan fingerprint density at radius 1 is 1.54 bits per heavy atom. The van der Waals surface area contributed by atoms with Gasteiger partial charge in [0.2, 0.25) is 0 Å². The third-order valence-corrected chi connectivity index (χ3v) is 2.31. The molecule has 0 aromatic carbocycles. The van der Waals surface area contributed by atoms with Crippen molar-refractivity contribution in [2.45, 2.75) is 0 Å². The SMILES string of the molecule is O=C(O)c1cnc(-c2ncco2)s1. The summed E-state index contributed by atoms with van der Waals surface area (Å²) in [6, 6.07) is 0. The summed E-state index contributed by atoms with van der Waals surface area (Å²) >= 11 is 1.03. The van der Waals surface area contributed by atoms with Gasteiger partial charge in [0, 0.05) is 0 Å². The molecule has 13 heavy (non-hydrogen) atoms. The Labute approximate surface area is 76.7 Å². The molecule has 0 saturated carbocycles. The van der Waals surface area contributed by atoms with Crippen LogP contribution < -0.4 is 0 Å². The van der Waals surface area contributed by atoms with E-state index in [0.717, 1.165) is 11.3 Å². The van der Waals surface area contributed by atoms with E-state index in [-0.39, 0.29) is 4.88 Å². The lowest BCUT2D eigenvalue weighted by Gasteiger charge is -1.83. The molecular formula is C7H4N2O3S. The molecule has 0 bridgehead atoms.